The average Bonchev–Trinajstić information content (AvgIpc) is 3.26. The first-order chi connectivity index (χ1) is 21.1. The molecule has 0 saturated carbocycles. The summed E-state index contributed by atoms with van der Waals surface area (Å²) in [6.45, 7) is 5.41. The number of methoxy groups -OCH3 is 4. The number of amides is 2. The summed E-state index contributed by atoms with van der Waals surface area (Å²) in [5.41, 5.74) is 3.60. The molecule has 0 fully saturated rings. The lowest BCUT2D eigenvalue weighted by molar-refractivity contribution is -0.120. The molecular formula is C34H41N3O7. The number of ether oxygens (including phenoxy) is 4. The second-order valence-corrected chi connectivity index (χ2v) is 10.8. The molecule has 10 nitrogen and oxygen atoms in total. The van der Waals surface area contributed by atoms with Crippen LogP contribution in [0, 0.1) is 5.92 Å². The Morgan fingerprint density at radius 2 is 1.64 bits per heavy atom. The van der Waals surface area contributed by atoms with E-state index in [1.54, 1.807) is 64.8 Å². The maximum Gasteiger partial charge on any atom is 0.247 e. The van der Waals surface area contributed by atoms with Crippen LogP contribution < -0.4 is 40.3 Å². The van der Waals surface area contributed by atoms with Crippen molar-refractivity contribution in [2.75, 3.05) is 39.1 Å². The Kier molecular flexibility index (Phi) is 10.4. The van der Waals surface area contributed by atoms with Crippen molar-refractivity contribution in [3.8, 4) is 34.1 Å². The Bertz CT molecular complexity index is 1570. The highest BCUT2D eigenvalue weighted by atomic mass is 16.5. The fourth-order valence-electron chi connectivity index (χ4n) is 5.59. The van der Waals surface area contributed by atoms with Crippen molar-refractivity contribution < 1.29 is 28.5 Å². The van der Waals surface area contributed by atoms with Gasteiger partial charge in [0.05, 0.1) is 40.2 Å². The summed E-state index contributed by atoms with van der Waals surface area (Å²) in [5.74, 6) is 1.53. The molecule has 0 radical (unpaired) electrons. The van der Waals surface area contributed by atoms with Gasteiger partial charge in [-0.3, -0.25) is 14.4 Å². The minimum Gasteiger partial charge on any atom is -0.497 e. The Morgan fingerprint density at radius 1 is 0.932 bits per heavy atom. The average molecular weight is 604 g/mol. The molecule has 0 saturated heterocycles. The van der Waals surface area contributed by atoms with E-state index >= 15 is 0 Å². The minimum atomic E-state index is -0.700. The van der Waals surface area contributed by atoms with Crippen molar-refractivity contribution in [3.05, 3.63) is 69.9 Å². The van der Waals surface area contributed by atoms with E-state index in [0.717, 1.165) is 11.1 Å². The molecule has 3 atom stereocenters. The summed E-state index contributed by atoms with van der Waals surface area (Å²) >= 11 is 0. The lowest BCUT2D eigenvalue weighted by Gasteiger charge is -2.24. The first-order valence-electron chi connectivity index (χ1n) is 14.6. The molecule has 3 unspecified atom stereocenters. The molecule has 0 spiro atoms. The van der Waals surface area contributed by atoms with Gasteiger partial charge in [-0.05, 0) is 77.9 Å². The predicted molar refractivity (Wildman–Crippen MR) is 171 cm³/mol. The van der Waals surface area contributed by atoms with E-state index in [2.05, 4.69) is 16.0 Å². The molecule has 3 N–H and O–H groups in total. The first-order valence-corrected chi connectivity index (χ1v) is 14.6. The van der Waals surface area contributed by atoms with Crippen LogP contribution >= 0.6 is 0 Å². The van der Waals surface area contributed by atoms with Crippen LogP contribution in [-0.2, 0) is 16.0 Å². The lowest BCUT2D eigenvalue weighted by atomic mass is 9.95. The number of fused-ring (bicyclic) bond motifs is 3. The van der Waals surface area contributed by atoms with Crippen molar-refractivity contribution >= 4 is 23.2 Å². The van der Waals surface area contributed by atoms with E-state index in [1.807, 2.05) is 26.0 Å². The zero-order chi connectivity index (χ0) is 32.0. The zero-order valence-electron chi connectivity index (χ0n) is 26.3. The molecule has 1 aliphatic rings. The van der Waals surface area contributed by atoms with Crippen LogP contribution in [0.15, 0.2) is 53.3 Å². The second-order valence-electron chi connectivity index (χ2n) is 10.8. The van der Waals surface area contributed by atoms with E-state index < -0.39 is 12.1 Å². The van der Waals surface area contributed by atoms with E-state index in [4.69, 9.17) is 18.9 Å². The van der Waals surface area contributed by atoms with Gasteiger partial charge in [0.1, 0.15) is 11.8 Å². The number of aryl methyl sites for hydroxylation is 1. The summed E-state index contributed by atoms with van der Waals surface area (Å²) < 4.78 is 22.3. The molecule has 3 aromatic rings. The van der Waals surface area contributed by atoms with Gasteiger partial charge in [0, 0.05) is 18.2 Å². The highest BCUT2D eigenvalue weighted by Gasteiger charge is 2.30. The number of benzene rings is 2. The van der Waals surface area contributed by atoms with Gasteiger partial charge in [-0.15, -0.1) is 0 Å². The van der Waals surface area contributed by atoms with Crippen LogP contribution in [0.1, 0.15) is 50.8 Å². The zero-order valence-corrected chi connectivity index (χ0v) is 26.3. The molecule has 4 rings (SSSR count). The normalized spacial score (nSPS) is 14.9. The molecule has 0 bridgehead atoms. The first kappa shape index (κ1) is 32.2. The number of nitrogens with one attached hydrogen (secondary N) is 3. The number of hydrogen-bond donors (Lipinski definition) is 3. The highest BCUT2D eigenvalue weighted by molar-refractivity contribution is 5.97. The summed E-state index contributed by atoms with van der Waals surface area (Å²) in [7, 11) is 6.24. The predicted octanol–water partition coefficient (Wildman–Crippen LogP) is 5.34. The van der Waals surface area contributed by atoms with Crippen LogP contribution in [0.5, 0.6) is 23.0 Å². The smallest absolute Gasteiger partial charge is 0.247 e. The van der Waals surface area contributed by atoms with E-state index in [1.165, 1.54) is 6.92 Å². The monoisotopic (exact) mass is 603 g/mol. The Labute approximate surface area is 258 Å². The van der Waals surface area contributed by atoms with Gasteiger partial charge in [-0.1, -0.05) is 26.3 Å². The fraction of sp³-hybridized carbons (Fsp3) is 0.382. The summed E-state index contributed by atoms with van der Waals surface area (Å²) in [6.07, 6.45) is 1.84. The molecule has 3 aromatic carbocycles. The number of anilines is 2. The van der Waals surface area contributed by atoms with Crippen molar-refractivity contribution in [2.24, 2.45) is 5.92 Å². The summed E-state index contributed by atoms with van der Waals surface area (Å²) in [5, 5.41) is 9.20. The molecule has 0 aliphatic heterocycles. The maximum absolute atomic E-state index is 13.8. The van der Waals surface area contributed by atoms with Gasteiger partial charge in [-0.2, -0.15) is 0 Å². The van der Waals surface area contributed by atoms with Gasteiger partial charge in [0.15, 0.2) is 11.5 Å². The van der Waals surface area contributed by atoms with E-state index in [-0.39, 0.29) is 28.8 Å². The minimum absolute atomic E-state index is 0.0966. The summed E-state index contributed by atoms with van der Waals surface area (Å²) in [4.78, 5) is 39.6. The molecule has 44 heavy (non-hydrogen) atoms. The van der Waals surface area contributed by atoms with Gasteiger partial charge in [0.2, 0.25) is 23.0 Å². The Hall–Kier alpha value is -4.73. The molecular weight excluding hydrogens is 562 g/mol. The topological polar surface area (TPSA) is 124 Å². The molecule has 2 amide bonds. The SMILES string of the molecule is CCC(C)C(Nc1ccc2c(cc1=O)C(NC(C)=O)CCc1cc(OC)c(OC)c(OC)c1-2)C(=O)Nc1ccc(OC)cc1. The van der Waals surface area contributed by atoms with Crippen LogP contribution in [0.25, 0.3) is 11.1 Å². The third-order valence-corrected chi connectivity index (χ3v) is 8.08. The lowest BCUT2D eigenvalue weighted by Crippen LogP contribution is -2.40. The standard InChI is InChI=1S/C34H41N3O7/c1-8-19(2)31(34(40)36-22-10-12-23(41-4)13-11-22)37-27-16-14-24-25(18-28(27)39)26(35-20(3)38)15-9-21-17-29(42-5)32(43-6)33(44-7)30(21)24/h10-14,16-19,26,31H,8-9,15H2,1-7H3,(H,35,38)(H,36,40)(H,37,39). The largest absolute Gasteiger partial charge is 0.497 e. The maximum atomic E-state index is 13.8. The Balaban J connectivity index is 1.83. The quantitative estimate of drug-likeness (QED) is 0.269. The summed E-state index contributed by atoms with van der Waals surface area (Å²) in [6, 6.07) is 12.9. The van der Waals surface area contributed by atoms with Gasteiger partial charge >= 0.3 is 0 Å². The Morgan fingerprint density at radius 3 is 2.23 bits per heavy atom. The third kappa shape index (κ3) is 6.74. The van der Waals surface area contributed by atoms with Crippen molar-refractivity contribution in [1.29, 1.82) is 0 Å². The van der Waals surface area contributed by atoms with Crippen LogP contribution in [-0.4, -0.2) is 46.3 Å². The van der Waals surface area contributed by atoms with E-state index in [0.29, 0.717) is 59.1 Å². The number of carbonyl (C=O) groups excluding carboxylic acids is 2. The van der Waals surface area contributed by atoms with Crippen molar-refractivity contribution in [2.45, 2.75) is 52.1 Å². The molecule has 10 heteroatoms. The second kappa shape index (κ2) is 14.2. The van der Waals surface area contributed by atoms with Gasteiger partial charge in [-0.25, -0.2) is 0 Å². The van der Waals surface area contributed by atoms with Crippen LogP contribution in [0.2, 0.25) is 0 Å². The molecule has 234 valence electrons. The third-order valence-electron chi connectivity index (χ3n) is 8.08. The highest BCUT2D eigenvalue weighted by Crippen LogP contribution is 2.50. The van der Waals surface area contributed by atoms with Crippen molar-refractivity contribution in [3.63, 3.8) is 0 Å². The number of carbonyl (C=O) groups is 2. The molecule has 0 aromatic heterocycles. The van der Waals surface area contributed by atoms with E-state index in [9.17, 15) is 14.4 Å². The van der Waals surface area contributed by atoms with Crippen LogP contribution in [0.3, 0.4) is 0 Å². The number of rotatable bonds is 11. The fourth-order valence-corrected chi connectivity index (χ4v) is 5.59. The van der Waals surface area contributed by atoms with Gasteiger partial charge < -0.3 is 34.9 Å². The van der Waals surface area contributed by atoms with Gasteiger partial charge in [0.25, 0.3) is 0 Å². The van der Waals surface area contributed by atoms with Crippen molar-refractivity contribution in [1.82, 2.24) is 5.32 Å². The number of hydrogen-bond acceptors (Lipinski definition) is 8. The molecule has 0 heterocycles. The van der Waals surface area contributed by atoms with Crippen LogP contribution in [0.4, 0.5) is 11.4 Å². The molecule has 1 aliphatic carbocycles.